The molecule has 0 rings (SSSR count). The average Bonchev–Trinajstić information content (AvgIpc) is 1.90. The Balaban J connectivity index is 3.97. The Labute approximate surface area is 63.6 Å². The Bertz CT molecular complexity index is 87.3. The molecule has 0 aromatic rings. The third kappa shape index (κ3) is 2.27. The van der Waals surface area contributed by atoms with E-state index >= 15 is 0 Å². The van der Waals surface area contributed by atoms with Gasteiger partial charge in [0.1, 0.15) is 0 Å². The third-order valence-electron chi connectivity index (χ3n) is 2.39. The second kappa shape index (κ2) is 3.94. The lowest BCUT2D eigenvalue weighted by molar-refractivity contribution is 0.148. The van der Waals surface area contributed by atoms with E-state index in [4.69, 9.17) is 5.11 Å². The Kier molecular flexibility index (Phi) is 3.91. The van der Waals surface area contributed by atoms with Gasteiger partial charge in [0.2, 0.25) is 0 Å². The molecule has 0 saturated heterocycles. The van der Waals surface area contributed by atoms with Crippen molar-refractivity contribution in [2.24, 2.45) is 5.41 Å². The summed E-state index contributed by atoms with van der Waals surface area (Å²) in [6.45, 7) is 6.67. The molecule has 10 heavy (non-hydrogen) atoms. The molecule has 0 spiro atoms. The zero-order valence-corrected chi connectivity index (χ0v) is 7.44. The van der Waals surface area contributed by atoms with Gasteiger partial charge in [-0.25, -0.2) is 0 Å². The second-order valence-corrected chi connectivity index (χ2v) is 3.37. The topological polar surface area (TPSA) is 32.3 Å². The molecule has 0 fully saturated rings. The van der Waals surface area contributed by atoms with Gasteiger partial charge in [0.05, 0.1) is 6.61 Å². The Morgan fingerprint density at radius 3 is 2.10 bits per heavy atom. The van der Waals surface area contributed by atoms with Gasteiger partial charge in [-0.05, 0) is 18.9 Å². The Morgan fingerprint density at radius 1 is 1.50 bits per heavy atom. The molecular weight excluding hydrogens is 126 g/mol. The number of hydrogen-bond donors (Lipinski definition) is 2. The molecular formula is C8H19NO. The van der Waals surface area contributed by atoms with Crippen molar-refractivity contribution in [1.82, 2.24) is 5.32 Å². The monoisotopic (exact) mass is 145 g/mol. The average molecular weight is 145 g/mol. The molecule has 1 atom stereocenters. The number of likely N-dealkylation sites (N-methyl/N-ethyl adjacent to an activating group) is 1. The molecule has 0 aliphatic carbocycles. The molecule has 0 radical (unpaired) electrons. The van der Waals surface area contributed by atoms with Gasteiger partial charge >= 0.3 is 0 Å². The van der Waals surface area contributed by atoms with Crippen LogP contribution < -0.4 is 5.32 Å². The van der Waals surface area contributed by atoms with Crippen LogP contribution in [-0.2, 0) is 0 Å². The van der Waals surface area contributed by atoms with Gasteiger partial charge in [0.25, 0.3) is 0 Å². The van der Waals surface area contributed by atoms with Gasteiger partial charge < -0.3 is 10.4 Å². The van der Waals surface area contributed by atoms with Crippen molar-refractivity contribution < 1.29 is 5.11 Å². The zero-order valence-electron chi connectivity index (χ0n) is 7.44. The highest BCUT2D eigenvalue weighted by molar-refractivity contribution is 4.80. The van der Waals surface area contributed by atoms with Gasteiger partial charge in [-0.1, -0.05) is 20.8 Å². The van der Waals surface area contributed by atoms with E-state index in [0.29, 0.717) is 0 Å². The molecule has 0 saturated carbocycles. The summed E-state index contributed by atoms with van der Waals surface area (Å²) < 4.78 is 0. The molecule has 2 nitrogen and oxygen atoms in total. The van der Waals surface area contributed by atoms with Crippen LogP contribution in [0.3, 0.4) is 0 Å². The molecule has 0 bridgehead atoms. The minimum absolute atomic E-state index is 0.198. The van der Waals surface area contributed by atoms with Crippen LogP contribution in [0.2, 0.25) is 0 Å². The molecule has 62 valence electrons. The van der Waals surface area contributed by atoms with Crippen LogP contribution in [0.1, 0.15) is 27.2 Å². The summed E-state index contributed by atoms with van der Waals surface area (Å²) in [5, 5.41) is 12.0. The van der Waals surface area contributed by atoms with E-state index in [1.165, 1.54) is 0 Å². The number of aliphatic hydroxyl groups excluding tert-OH is 1. The molecule has 0 amide bonds. The van der Waals surface area contributed by atoms with E-state index < -0.39 is 0 Å². The normalized spacial score (nSPS) is 15.3. The molecule has 2 N–H and O–H groups in total. The molecule has 0 heterocycles. The van der Waals surface area contributed by atoms with Gasteiger partial charge in [-0.3, -0.25) is 0 Å². The minimum atomic E-state index is 0.198. The van der Waals surface area contributed by atoms with E-state index in [2.05, 4.69) is 26.1 Å². The van der Waals surface area contributed by atoms with E-state index in [-0.39, 0.29) is 18.1 Å². The van der Waals surface area contributed by atoms with Gasteiger partial charge in [-0.15, -0.1) is 0 Å². The fourth-order valence-corrected chi connectivity index (χ4v) is 0.976. The lowest BCUT2D eigenvalue weighted by Crippen LogP contribution is -2.42. The maximum atomic E-state index is 8.93. The van der Waals surface area contributed by atoms with Gasteiger partial charge in [0.15, 0.2) is 0 Å². The van der Waals surface area contributed by atoms with Crippen molar-refractivity contribution in [2.75, 3.05) is 13.7 Å². The number of rotatable bonds is 4. The summed E-state index contributed by atoms with van der Waals surface area (Å²) in [6.07, 6.45) is 1.08. The summed E-state index contributed by atoms with van der Waals surface area (Å²) in [5.74, 6) is 0. The standard InChI is InChI=1S/C8H19NO/c1-5-8(2,3)7(6-10)9-4/h7,9-10H,5-6H2,1-4H3. The number of nitrogens with one attached hydrogen (secondary N) is 1. The predicted molar refractivity (Wildman–Crippen MR) is 44.0 cm³/mol. The maximum Gasteiger partial charge on any atom is 0.0589 e. The molecule has 1 unspecified atom stereocenters. The van der Waals surface area contributed by atoms with Crippen LogP contribution in [0.15, 0.2) is 0 Å². The lowest BCUT2D eigenvalue weighted by atomic mass is 9.82. The minimum Gasteiger partial charge on any atom is -0.395 e. The summed E-state index contributed by atoms with van der Waals surface area (Å²) in [7, 11) is 1.89. The van der Waals surface area contributed by atoms with Crippen LogP contribution in [0.4, 0.5) is 0 Å². The molecule has 0 aliphatic heterocycles. The van der Waals surface area contributed by atoms with E-state index in [1.807, 2.05) is 7.05 Å². The van der Waals surface area contributed by atoms with Crippen LogP contribution in [0.25, 0.3) is 0 Å². The molecule has 0 aliphatic rings. The summed E-state index contributed by atoms with van der Waals surface area (Å²) in [4.78, 5) is 0. The van der Waals surface area contributed by atoms with Gasteiger partial charge in [-0.2, -0.15) is 0 Å². The lowest BCUT2D eigenvalue weighted by Gasteiger charge is -2.31. The summed E-state index contributed by atoms with van der Waals surface area (Å²) >= 11 is 0. The number of hydrogen-bond acceptors (Lipinski definition) is 2. The molecule has 0 aromatic carbocycles. The third-order valence-corrected chi connectivity index (χ3v) is 2.39. The first kappa shape index (κ1) is 9.92. The Morgan fingerprint density at radius 2 is 2.00 bits per heavy atom. The predicted octanol–water partition coefficient (Wildman–Crippen LogP) is 1.00. The SMILES string of the molecule is CCC(C)(C)C(CO)NC. The van der Waals surface area contributed by atoms with Crippen LogP contribution in [0, 0.1) is 5.41 Å². The van der Waals surface area contributed by atoms with Crippen molar-refractivity contribution in [2.45, 2.75) is 33.2 Å². The highest BCUT2D eigenvalue weighted by Crippen LogP contribution is 2.23. The smallest absolute Gasteiger partial charge is 0.0589 e. The zero-order chi connectivity index (χ0) is 8.20. The van der Waals surface area contributed by atoms with Crippen LogP contribution >= 0.6 is 0 Å². The van der Waals surface area contributed by atoms with E-state index in [1.54, 1.807) is 0 Å². The van der Waals surface area contributed by atoms with Crippen LogP contribution in [0.5, 0.6) is 0 Å². The van der Waals surface area contributed by atoms with Crippen molar-refractivity contribution in [3.05, 3.63) is 0 Å². The largest absolute Gasteiger partial charge is 0.395 e. The first-order chi connectivity index (χ1) is 4.58. The quantitative estimate of drug-likeness (QED) is 0.618. The second-order valence-electron chi connectivity index (χ2n) is 3.37. The highest BCUT2D eigenvalue weighted by Gasteiger charge is 2.24. The van der Waals surface area contributed by atoms with Crippen molar-refractivity contribution in [1.29, 1.82) is 0 Å². The van der Waals surface area contributed by atoms with Crippen molar-refractivity contribution in [3.63, 3.8) is 0 Å². The first-order valence-electron chi connectivity index (χ1n) is 3.86. The molecule has 2 heteroatoms. The fourth-order valence-electron chi connectivity index (χ4n) is 0.976. The van der Waals surface area contributed by atoms with E-state index in [9.17, 15) is 0 Å². The van der Waals surface area contributed by atoms with Crippen molar-refractivity contribution in [3.8, 4) is 0 Å². The van der Waals surface area contributed by atoms with E-state index in [0.717, 1.165) is 6.42 Å². The van der Waals surface area contributed by atoms with Gasteiger partial charge in [0, 0.05) is 6.04 Å². The first-order valence-corrected chi connectivity index (χ1v) is 3.86. The fraction of sp³-hybridized carbons (Fsp3) is 1.00. The molecule has 0 aromatic heterocycles. The van der Waals surface area contributed by atoms with Crippen LogP contribution in [-0.4, -0.2) is 24.8 Å². The van der Waals surface area contributed by atoms with Crippen molar-refractivity contribution >= 4 is 0 Å². The Hall–Kier alpha value is -0.0800. The number of aliphatic hydroxyl groups is 1. The summed E-state index contributed by atoms with van der Waals surface area (Å²) in [6, 6.07) is 0.220. The maximum absolute atomic E-state index is 8.93. The summed E-state index contributed by atoms with van der Waals surface area (Å²) in [5.41, 5.74) is 0.198. The highest BCUT2D eigenvalue weighted by atomic mass is 16.3.